The maximum atomic E-state index is 12.6. The van der Waals surface area contributed by atoms with E-state index in [1.165, 1.54) is 39.3 Å². The Hall–Kier alpha value is -2.98. The normalized spacial score (nSPS) is 12.0. The van der Waals surface area contributed by atoms with E-state index >= 15 is 0 Å². The topological polar surface area (TPSA) is 112 Å². The van der Waals surface area contributed by atoms with Crippen LogP contribution in [0.3, 0.4) is 0 Å². The molecule has 9 nitrogen and oxygen atoms in total. The summed E-state index contributed by atoms with van der Waals surface area (Å²) in [6.07, 6.45) is 0.543. The quantitative estimate of drug-likeness (QED) is 0.534. The molecule has 2 aromatic rings. The number of amides is 1. The van der Waals surface area contributed by atoms with E-state index in [-0.39, 0.29) is 10.6 Å². The van der Waals surface area contributed by atoms with Crippen LogP contribution in [0.15, 0.2) is 41.3 Å². The lowest BCUT2D eigenvalue weighted by molar-refractivity contribution is -0.122. The number of sulfonamides is 1. The molecule has 0 unspecified atom stereocenters. The second-order valence-corrected chi connectivity index (χ2v) is 8.30. The van der Waals surface area contributed by atoms with E-state index in [0.29, 0.717) is 30.2 Å². The molecule has 2 rings (SSSR count). The molecule has 0 aliphatic rings. The van der Waals surface area contributed by atoms with Crippen LogP contribution < -0.4 is 29.0 Å². The number of ether oxygens (including phenoxy) is 4. The van der Waals surface area contributed by atoms with Gasteiger partial charge in [-0.2, -0.15) is 4.72 Å². The molecule has 0 aliphatic heterocycles. The van der Waals surface area contributed by atoms with Gasteiger partial charge >= 0.3 is 0 Å². The third-order valence-electron chi connectivity index (χ3n) is 4.55. The number of hydrogen-bond donors (Lipinski definition) is 2. The Balaban J connectivity index is 1.96. The summed E-state index contributed by atoms with van der Waals surface area (Å²) in [4.78, 5) is 12.3. The number of carbonyl (C=O) groups is 1. The summed E-state index contributed by atoms with van der Waals surface area (Å²) in [6.45, 7) is 1.81. The van der Waals surface area contributed by atoms with Crippen LogP contribution in [-0.4, -0.2) is 55.4 Å². The maximum absolute atomic E-state index is 12.6. The molecule has 2 N–H and O–H groups in total. The lowest BCUT2D eigenvalue weighted by Gasteiger charge is -2.16. The third-order valence-corrected chi connectivity index (χ3v) is 6.09. The summed E-state index contributed by atoms with van der Waals surface area (Å²) >= 11 is 0. The van der Waals surface area contributed by atoms with Gasteiger partial charge in [0.05, 0.1) is 39.4 Å². The zero-order chi connectivity index (χ0) is 23.0. The van der Waals surface area contributed by atoms with Crippen LogP contribution in [0.4, 0.5) is 0 Å². The van der Waals surface area contributed by atoms with Gasteiger partial charge in [0, 0.05) is 12.6 Å². The molecule has 31 heavy (non-hydrogen) atoms. The monoisotopic (exact) mass is 452 g/mol. The molecule has 2 aromatic carbocycles. The highest BCUT2D eigenvalue weighted by molar-refractivity contribution is 7.89. The first-order valence-corrected chi connectivity index (χ1v) is 11.0. The van der Waals surface area contributed by atoms with Gasteiger partial charge in [0.15, 0.2) is 23.0 Å². The van der Waals surface area contributed by atoms with E-state index in [4.69, 9.17) is 18.9 Å². The molecule has 0 aliphatic carbocycles. The highest BCUT2D eigenvalue weighted by Gasteiger charge is 2.23. The van der Waals surface area contributed by atoms with Crippen LogP contribution in [0.1, 0.15) is 12.5 Å². The fourth-order valence-corrected chi connectivity index (χ4v) is 4.08. The van der Waals surface area contributed by atoms with E-state index < -0.39 is 22.0 Å². The van der Waals surface area contributed by atoms with Crippen LogP contribution in [0.2, 0.25) is 0 Å². The van der Waals surface area contributed by atoms with Crippen molar-refractivity contribution in [3.63, 3.8) is 0 Å². The van der Waals surface area contributed by atoms with Crippen molar-refractivity contribution in [2.75, 3.05) is 35.0 Å². The molecule has 0 spiro atoms. The van der Waals surface area contributed by atoms with Gasteiger partial charge in [-0.25, -0.2) is 8.42 Å². The first-order chi connectivity index (χ1) is 14.7. The van der Waals surface area contributed by atoms with E-state index in [0.717, 1.165) is 5.56 Å². The standard InChI is InChI=1S/C21H28N2O7S/c1-14(23-31(25,26)16-7-9-18(28-3)20(13-16)30-5)21(24)22-11-10-15-6-8-17(27-2)19(12-15)29-4/h6-9,12-14,23H,10-11H2,1-5H3,(H,22,24)/t14-/m1/s1. The highest BCUT2D eigenvalue weighted by atomic mass is 32.2. The average Bonchev–Trinajstić information content (AvgIpc) is 2.77. The fraction of sp³-hybridized carbons (Fsp3) is 0.381. The molecule has 0 radical (unpaired) electrons. The van der Waals surface area contributed by atoms with Crippen molar-refractivity contribution in [1.29, 1.82) is 0 Å². The Morgan fingerprint density at radius 2 is 1.42 bits per heavy atom. The maximum Gasteiger partial charge on any atom is 0.241 e. The minimum atomic E-state index is -3.93. The highest BCUT2D eigenvalue weighted by Crippen LogP contribution is 2.29. The van der Waals surface area contributed by atoms with Gasteiger partial charge in [-0.3, -0.25) is 4.79 Å². The number of methoxy groups -OCH3 is 4. The molecule has 0 saturated carbocycles. The SMILES string of the molecule is COc1ccc(CCNC(=O)[C@@H](C)NS(=O)(=O)c2ccc(OC)c(OC)c2)cc1OC. The first kappa shape index (κ1) is 24.3. The molecule has 170 valence electrons. The van der Waals surface area contributed by atoms with E-state index in [9.17, 15) is 13.2 Å². The summed E-state index contributed by atoms with van der Waals surface area (Å²) in [5.74, 6) is 1.46. The molecule has 0 bridgehead atoms. The minimum absolute atomic E-state index is 0.0323. The van der Waals surface area contributed by atoms with Gasteiger partial charge in [-0.1, -0.05) is 6.07 Å². The molecule has 1 amide bonds. The largest absolute Gasteiger partial charge is 0.493 e. The number of carbonyl (C=O) groups excluding carboxylic acids is 1. The molecule has 0 fully saturated rings. The predicted octanol–water partition coefficient (Wildman–Crippen LogP) is 1.75. The van der Waals surface area contributed by atoms with Crippen molar-refractivity contribution in [2.45, 2.75) is 24.3 Å². The zero-order valence-electron chi connectivity index (χ0n) is 18.2. The van der Waals surface area contributed by atoms with Crippen molar-refractivity contribution in [2.24, 2.45) is 0 Å². The Kier molecular flexibility index (Phi) is 8.52. The summed E-state index contributed by atoms with van der Waals surface area (Å²) in [5, 5.41) is 2.73. The van der Waals surface area contributed by atoms with Crippen molar-refractivity contribution in [1.82, 2.24) is 10.0 Å². The smallest absolute Gasteiger partial charge is 0.241 e. The van der Waals surface area contributed by atoms with Crippen molar-refractivity contribution in [3.8, 4) is 23.0 Å². The van der Waals surface area contributed by atoms with Crippen LogP contribution in [-0.2, 0) is 21.2 Å². The molecular weight excluding hydrogens is 424 g/mol. The Morgan fingerprint density at radius 3 is 2.00 bits per heavy atom. The van der Waals surface area contributed by atoms with Crippen LogP contribution in [0.5, 0.6) is 23.0 Å². The van der Waals surface area contributed by atoms with E-state index in [2.05, 4.69) is 10.0 Å². The molecule has 0 saturated heterocycles. The van der Waals surface area contributed by atoms with Crippen molar-refractivity contribution in [3.05, 3.63) is 42.0 Å². The Morgan fingerprint density at radius 1 is 0.871 bits per heavy atom. The molecule has 0 heterocycles. The molecule has 10 heteroatoms. The number of benzene rings is 2. The van der Waals surface area contributed by atoms with Gasteiger partial charge in [-0.05, 0) is 43.2 Å². The van der Waals surface area contributed by atoms with Gasteiger partial charge in [0.2, 0.25) is 15.9 Å². The first-order valence-electron chi connectivity index (χ1n) is 9.48. The van der Waals surface area contributed by atoms with Crippen molar-refractivity contribution < 1.29 is 32.2 Å². The Bertz CT molecular complexity index is 1010. The molecule has 0 aromatic heterocycles. The van der Waals surface area contributed by atoms with Crippen LogP contribution in [0.25, 0.3) is 0 Å². The third kappa shape index (κ3) is 6.25. The fourth-order valence-electron chi connectivity index (χ4n) is 2.86. The minimum Gasteiger partial charge on any atom is -0.493 e. The van der Waals surface area contributed by atoms with Gasteiger partial charge in [0.25, 0.3) is 0 Å². The Labute approximate surface area is 182 Å². The molecule has 1 atom stereocenters. The molecular formula is C21H28N2O7S. The number of rotatable bonds is 11. The van der Waals surface area contributed by atoms with Crippen molar-refractivity contribution >= 4 is 15.9 Å². The second kappa shape index (κ2) is 10.9. The lowest BCUT2D eigenvalue weighted by atomic mass is 10.1. The van der Waals surface area contributed by atoms with Crippen LogP contribution >= 0.6 is 0 Å². The summed E-state index contributed by atoms with van der Waals surface area (Å²) in [5.41, 5.74) is 0.941. The van der Waals surface area contributed by atoms with Crippen LogP contribution in [0, 0.1) is 0 Å². The lowest BCUT2D eigenvalue weighted by Crippen LogP contribution is -2.45. The van der Waals surface area contributed by atoms with Gasteiger partial charge < -0.3 is 24.3 Å². The summed E-state index contributed by atoms with van der Waals surface area (Å²) in [7, 11) is 2.05. The average molecular weight is 453 g/mol. The van der Waals surface area contributed by atoms with Gasteiger partial charge in [0.1, 0.15) is 0 Å². The zero-order valence-corrected chi connectivity index (χ0v) is 19.0. The second-order valence-electron chi connectivity index (χ2n) is 6.59. The predicted molar refractivity (Wildman–Crippen MR) is 116 cm³/mol. The number of hydrogen-bond acceptors (Lipinski definition) is 7. The number of nitrogens with one attached hydrogen (secondary N) is 2. The summed E-state index contributed by atoms with van der Waals surface area (Å²) in [6, 6.07) is 8.72. The van der Waals surface area contributed by atoms with E-state index in [1.807, 2.05) is 12.1 Å². The van der Waals surface area contributed by atoms with Gasteiger partial charge in [-0.15, -0.1) is 0 Å². The summed E-state index contributed by atoms with van der Waals surface area (Å²) < 4.78 is 48.3. The van der Waals surface area contributed by atoms with E-state index in [1.54, 1.807) is 20.3 Å².